The molecule has 1 amide bonds. The van der Waals surface area contributed by atoms with Crippen LogP contribution in [-0.2, 0) is 14.8 Å². The normalized spacial score (nSPS) is 16.1. The average Bonchev–Trinajstić information content (AvgIpc) is 3.38. The lowest BCUT2D eigenvalue weighted by molar-refractivity contribution is 0.0730. The van der Waals surface area contributed by atoms with Crippen LogP contribution in [0.25, 0.3) is 0 Å². The first kappa shape index (κ1) is 23.0. The summed E-state index contributed by atoms with van der Waals surface area (Å²) in [6.07, 6.45) is 2.11. The fourth-order valence-electron chi connectivity index (χ4n) is 4.15. The van der Waals surface area contributed by atoms with Crippen LogP contribution in [-0.4, -0.2) is 63.0 Å². The van der Waals surface area contributed by atoms with Crippen LogP contribution in [0.5, 0.6) is 0 Å². The van der Waals surface area contributed by atoms with Crippen molar-refractivity contribution in [3.05, 3.63) is 66.5 Å². The number of anilines is 2. The zero-order chi connectivity index (χ0) is 23.5. The Kier molecular flexibility index (Phi) is 6.64. The number of morpholine rings is 1. The molecule has 2 N–H and O–H groups in total. The number of aromatic nitrogens is 1. The number of amides is 1. The van der Waals surface area contributed by atoms with Crippen LogP contribution >= 0.6 is 11.8 Å². The first-order valence-corrected chi connectivity index (χ1v) is 13.5. The number of sulfonamides is 1. The Morgan fingerprint density at radius 3 is 2.35 bits per heavy atom. The maximum atomic E-state index is 12.8. The van der Waals surface area contributed by atoms with Gasteiger partial charge in [-0.15, -0.1) is 0 Å². The molecule has 0 aliphatic carbocycles. The van der Waals surface area contributed by atoms with Crippen molar-refractivity contribution in [3.8, 4) is 0 Å². The zero-order valence-corrected chi connectivity index (χ0v) is 20.2. The number of nitrogens with one attached hydrogen (secondary N) is 2. The van der Waals surface area contributed by atoms with E-state index in [0.29, 0.717) is 32.8 Å². The van der Waals surface area contributed by atoms with E-state index in [4.69, 9.17) is 4.74 Å². The van der Waals surface area contributed by atoms with Crippen molar-refractivity contribution in [2.45, 2.75) is 21.1 Å². The predicted octanol–water partition coefficient (Wildman–Crippen LogP) is 3.46. The molecule has 0 bridgehead atoms. The van der Waals surface area contributed by atoms with Gasteiger partial charge in [-0.05, 0) is 36.8 Å². The fourth-order valence-corrected chi connectivity index (χ4v) is 6.65. The lowest BCUT2D eigenvalue weighted by atomic mass is 10.2. The Morgan fingerprint density at radius 1 is 1.03 bits per heavy atom. The summed E-state index contributed by atoms with van der Waals surface area (Å²) in [5, 5.41) is 2.90. The molecule has 0 saturated carbocycles. The molecule has 0 radical (unpaired) electrons. The van der Waals surface area contributed by atoms with Crippen LogP contribution < -0.4 is 10.2 Å². The van der Waals surface area contributed by atoms with E-state index >= 15 is 0 Å². The highest BCUT2D eigenvalue weighted by Gasteiger charge is 2.28. The van der Waals surface area contributed by atoms with Gasteiger partial charge in [0.15, 0.2) is 0 Å². The van der Waals surface area contributed by atoms with Crippen LogP contribution in [0.2, 0.25) is 0 Å². The molecule has 178 valence electrons. The predicted molar refractivity (Wildman–Crippen MR) is 131 cm³/mol. The minimum absolute atomic E-state index is 0.0959. The van der Waals surface area contributed by atoms with E-state index in [0.717, 1.165) is 13.0 Å². The third-order valence-electron chi connectivity index (χ3n) is 5.89. The van der Waals surface area contributed by atoms with Gasteiger partial charge in [-0.25, -0.2) is 8.42 Å². The summed E-state index contributed by atoms with van der Waals surface area (Å²) in [6, 6.07) is 18.0. The van der Waals surface area contributed by atoms with Crippen LogP contribution in [0, 0.1) is 0 Å². The van der Waals surface area contributed by atoms with Crippen molar-refractivity contribution in [3.63, 3.8) is 0 Å². The number of hydrogen-bond acceptors (Lipinski definition) is 6. The van der Waals surface area contributed by atoms with Gasteiger partial charge in [0, 0.05) is 42.2 Å². The molecule has 10 heteroatoms. The standard InChI is InChI=1S/C24H26N4O4S2/c29-24(19-16-18(17-26-19)34(30,31)27-12-14-32-15-13-27)25-10-5-11-28-20-6-1-3-8-22(20)33-23-9-4-2-7-21(23)28/h1-4,6-9,16-17,26H,5,10-15H2,(H,25,29). The SMILES string of the molecule is O=C(NCCCN1c2ccccc2Sc2ccccc21)c1cc(S(=O)(=O)N2CCOCC2)c[nH]1. The molecule has 1 fully saturated rings. The monoisotopic (exact) mass is 498 g/mol. The third kappa shape index (κ3) is 4.58. The Morgan fingerprint density at radius 2 is 1.68 bits per heavy atom. The van der Waals surface area contributed by atoms with Crippen molar-refractivity contribution in [2.75, 3.05) is 44.3 Å². The number of rotatable bonds is 7. The van der Waals surface area contributed by atoms with E-state index < -0.39 is 10.0 Å². The minimum Gasteiger partial charge on any atom is -0.379 e. The lowest BCUT2D eigenvalue weighted by Crippen LogP contribution is -2.40. The van der Waals surface area contributed by atoms with E-state index in [2.05, 4.69) is 39.5 Å². The van der Waals surface area contributed by atoms with Gasteiger partial charge in [-0.2, -0.15) is 4.31 Å². The molecule has 2 aromatic carbocycles. The molecule has 2 aliphatic heterocycles. The van der Waals surface area contributed by atoms with Crippen LogP contribution in [0.1, 0.15) is 16.9 Å². The van der Waals surface area contributed by atoms with Crippen molar-refractivity contribution in [1.29, 1.82) is 0 Å². The second-order valence-corrected chi connectivity index (χ2v) is 11.1. The number of H-pyrrole nitrogens is 1. The fraction of sp³-hybridized carbons (Fsp3) is 0.292. The summed E-state index contributed by atoms with van der Waals surface area (Å²) in [6.45, 7) is 2.60. The molecule has 0 spiro atoms. The smallest absolute Gasteiger partial charge is 0.267 e. The second kappa shape index (κ2) is 9.83. The Labute approximate surface area is 203 Å². The topological polar surface area (TPSA) is 94.7 Å². The van der Waals surface area contributed by atoms with Gasteiger partial charge in [0.2, 0.25) is 10.0 Å². The molecule has 3 heterocycles. The molecule has 0 unspecified atom stereocenters. The molecule has 1 saturated heterocycles. The molecule has 0 atom stereocenters. The highest BCUT2D eigenvalue weighted by molar-refractivity contribution is 7.99. The molecule has 3 aromatic rings. The van der Waals surface area contributed by atoms with Gasteiger partial charge in [0.05, 0.1) is 24.6 Å². The van der Waals surface area contributed by atoms with Crippen LogP contribution in [0.15, 0.2) is 75.5 Å². The zero-order valence-electron chi connectivity index (χ0n) is 18.6. The number of carbonyl (C=O) groups is 1. The Hall–Kier alpha value is -2.79. The average molecular weight is 499 g/mol. The van der Waals surface area contributed by atoms with E-state index in [-0.39, 0.29) is 16.5 Å². The van der Waals surface area contributed by atoms with Gasteiger partial charge in [-0.3, -0.25) is 4.79 Å². The Balaban J connectivity index is 1.20. The molecule has 1 aromatic heterocycles. The van der Waals surface area contributed by atoms with Crippen molar-refractivity contribution in [1.82, 2.24) is 14.6 Å². The van der Waals surface area contributed by atoms with Crippen molar-refractivity contribution in [2.24, 2.45) is 0 Å². The number of aromatic amines is 1. The van der Waals surface area contributed by atoms with E-state index in [1.165, 1.54) is 37.7 Å². The number of nitrogens with zero attached hydrogens (tertiary/aromatic N) is 2. The van der Waals surface area contributed by atoms with E-state index in [1.807, 2.05) is 24.3 Å². The number of fused-ring (bicyclic) bond motifs is 2. The highest BCUT2D eigenvalue weighted by Crippen LogP contribution is 2.47. The third-order valence-corrected chi connectivity index (χ3v) is 8.89. The largest absolute Gasteiger partial charge is 0.379 e. The molecule has 5 rings (SSSR count). The number of carbonyl (C=O) groups excluding carboxylic acids is 1. The van der Waals surface area contributed by atoms with E-state index in [1.54, 1.807) is 11.8 Å². The number of ether oxygens (including phenoxy) is 1. The maximum Gasteiger partial charge on any atom is 0.267 e. The highest BCUT2D eigenvalue weighted by atomic mass is 32.2. The Bertz CT molecular complexity index is 1240. The molecule has 34 heavy (non-hydrogen) atoms. The molecular formula is C24H26N4O4S2. The first-order valence-electron chi connectivity index (χ1n) is 11.2. The summed E-state index contributed by atoms with van der Waals surface area (Å²) in [4.78, 5) is 20.2. The lowest BCUT2D eigenvalue weighted by Gasteiger charge is -2.32. The number of benzene rings is 2. The van der Waals surface area contributed by atoms with Crippen molar-refractivity contribution < 1.29 is 17.9 Å². The van der Waals surface area contributed by atoms with Crippen LogP contribution in [0.4, 0.5) is 11.4 Å². The summed E-state index contributed by atoms with van der Waals surface area (Å²) >= 11 is 1.77. The van der Waals surface area contributed by atoms with Gasteiger partial charge < -0.3 is 19.9 Å². The first-order chi connectivity index (χ1) is 16.5. The number of para-hydroxylation sites is 2. The summed E-state index contributed by atoms with van der Waals surface area (Å²) in [7, 11) is -3.64. The van der Waals surface area contributed by atoms with E-state index in [9.17, 15) is 13.2 Å². The molecule has 8 nitrogen and oxygen atoms in total. The van der Waals surface area contributed by atoms with Crippen molar-refractivity contribution >= 4 is 39.1 Å². The number of hydrogen-bond donors (Lipinski definition) is 2. The molecular weight excluding hydrogens is 472 g/mol. The summed E-state index contributed by atoms with van der Waals surface area (Å²) in [5.41, 5.74) is 2.57. The van der Waals surface area contributed by atoms with Crippen LogP contribution in [0.3, 0.4) is 0 Å². The van der Waals surface area contributed by atoms with Gasteiger partial charge >= 0.3 is 0 Å². The van der Waals surface area contributed by atoms with Gasteiger partial charge in [0.1, 0.15) is 10.6 Å². The quantitative estimate of drug-likeness (QED) is 0.485. The molecule has 2 aliphatic rings. The maximum absolute atomic E-state index is 12.8. The summed E-state index contributed by atoms with van der Waals surface area (Å²) in [5.74, 6) is -0.321. The van der Waals surface area contributed by atoms with Gasteiger partial charge in [-0.1, -0.05) is 36.0 Å². The second-order valence-electron chi connectivity index (χ2n) is 8.06. The minimum atomic E-state index is -3.64. The van der Waals surface area contributed by atoms with Gasteiger partial charge in [0.25, 0.3) is 5.91 Å². The summed E-state index contributed by atoms with van der Waals surface area (Å²) < 4.78 is 32.2.